The number of benzene rings is 2. The SMILES string of the molecule is N#Cc1ccccc1OCCOCc1ccccc1Cl. The molecule has 0 aliphatic carbocycles. The predicted octanol–water partition coefficient (Wildman–Crippen LogP) is 3.81. The Morgan fingerprint density at radius 2 is 1.75 bits per heavy atom. The van der Waals surface area contributed by atoms with Crippen LogP contribution in [-0.2, 0) is 11.3 Å². The molecule has 20 heavy (non-hydrogen) atoms. The lowest BCUT2D eigenvalue weighted by Crippen LogP contribution is -2.07. The fourth-order valence-corrected chi connectivity index (χ4v) is 1.88. The zero-order valence-corrected chi connectivity index (χ0v) is 11.6. The van der Waals surface area contributed by atoms with Crippen molar-refractivity contribution in [2.24, 2.45) is 0 Å². The van der Waals surface area contributed by atoms with Crippen molar-refractivity contribution in [2.45, 2.75) is 6.61 Å². The summed E-state index contributed by atoms with van der Waals surface area (Å²) >= 11 is 6.03. The first kappa shape index (κ1) is 14.4. The van der Waals surface area contributed by atoms with Gasteiger partial charge < -0.3 is 9.47 Å². The van der Waals surface area contributed by atoms with E-state index in [9.17, 15) is 0 Å². The van der Waals surface area contributed by atoms with E-state index in [0.29, 0.717) is 36.2 Å². The lowest BCUT2D eigenvalue weighted by atomic mass is 10.2. The first-order valence-electron chi connectivity index (χ1n) is 6.24. The first-order chi connectivity index (χ1) is 9.81. The second-order valence-electron chi connectivity index (χ2n) is 4.10. The molecule has 0 aliphatic heterocycles. The van der Waals surface area contributed by atoms with Crippen molar-refractivity contribution in [3.05, 3.63) is 64.7 Å². The molecule has 0 aliphatic rings. The number of para-hydroxylation sites is 1. The fraction of sp³-hybridized carbons (Fsp3) is 0.188. The van der Waals surface area contributed by atoms with Gasteiger partial charge in [0.1, 0.15) is 18.4 Å². The molecule has 0 amide bonds. The summed E-state index contributed by atoms with van der Waals surface area (Å²) in [7, 11) is 0. The molecule has 0 unspecified atom stereocenters. The van der Waals surface area contributed by atoms with E-state index >= 15 is 0 Å². The minimum Gasteiger partial charge on any atom is -0.490 e. The van der Waals surface area contributed by atoms with Crippen LogP contribution in [0.1, 0.15) is 11.1 Å². The molecule has 2 aromatic rings. The Morgan fingerprint density at radius 3 is 2.55 bits per heavy atom. The fourth-order valence-electron chi connectivity index (χ4n) is 1.69. The molecule has 102 valence electrons. The highest BCUT2D eigenvalue weighted by atomic mass is 35.5. The molecule has 4 heteroatoms. The second-order valence-corrected chi connectivity index (χ2v) is 4.51. The van der Waals surface area contributed by atoms with Gasteiger partial charge in [0, 0.05) is 5.02 Å². The van der Waals surface area contributed by atoms with Gasteiger partial charge in [-0.05, 0) is 23.8 Å². The van der Waals surface area contributed by atoms with Gasteiger partial charge in [-0.1, -0.05) is 41.9 Å². The Labute approximate surface area is 123 Å². The van der Waals surface area contributed by atoms with Gasteiger partial charge in [-0.3, -0.25) is 0 Å². The molecular formula is C16H14ClNO2. The maximum atomic E-state index is 8.92. The van der Waals surface area contributed by atoms with Crippen LogP contribution in [-0.4, -0.2) is 13.2 Å². The molecule has 0 saturated heterocycles. The minimum absolute atomic E-state index is 0.392. The van der Waals surface area contributed by atoms with Crippen molar-refractivity contribution in [1.82, 2.24) is 0 Å². The Hall–Kier alpha value is -2.02. The zero-order chi connectivity index (χ0) is 14.2. The van der Waals surface area contributed by atoms with Crippen LogP contribution in [0.3, 0.4) is 0 Å². The molecule has 0 fully saturated rings. The predicted molar refractivity (Wildman–Crippen MR) is 77.8 cm³/mol. The Kier molecular flexibility index (Phi) is 5.43. The number of halogens is 1. The van der Waals surface area contributed by atoms with E-state index < -0.39 is 0 Å². The number of nitriles is 1. The van der Waals surface area contributed by atoms with Gasteiger partial charge in [-0.2, -0.15) is 5.26 Å². The van der Waals surface area contributed by atoms with E-state index in [4.69, 9.17) is 26.3 Å². The van der Waals surface area contributed by atoms with Gasteiger partial charge in [0.2, 0.25) is 0 Å². The average molecular weight is 288 g/mol. The molecule has 2 rings (SSSR count). The quantitative estimate of drug-likeness (QED) is 0.759. The minimum atomic E-state index is 0.392. The third kappa shape index (κ3) is 3.99. The molecule has 0 bridgehead atoms. The van der Waals surface area contributed by atoms with Crippen LogP contribution in [0.5, 0.6) is 5.75 Å². The summed E-state index contributed by atoms with van der Waals surface area (Å²) in [4.78, 5) is 0. The summed E-state index contributed by atoms with van der Waals surface area (Å²) in [5, 5.41) is 9.62. The summed E-state index contributed by atoms with van der Waals surface area (Å²) in [6.07, 6.45) is 0. The normalized spacial score (nSPS) is 10.0. The summed E-state index contributed by atoms with van der Waals surface area (Å²) < 4.78 is 11.0. The van der Waals surface area contributed by atoms with Gasteiger partial charge in [-0.15, -0.1) is 0 Å². The lowest BCUT2D eigenvalue weighted by molar-refractivity contribution is 0.0889. The van der Waals surface area contributed by atoms with Crippen LogP contribution in [0.25, 0.3) is 0 Å². The van der Waals surface area contributed by atoms with Gasteiger partial charge >= 0.3 is 0 Å². The van der Waals surface area contributed by atoms with E-state index in [1.54, 1.807) is 18.2 Å². The standard InChI is InChI=1S/C16H14ClNO2/c17-15-7-3-1-6-14(15)12-19-9-10-20-16-8-4-2-5-13(16)11-18/h1-8H,9-10,12H2. The van der Waals surface area contributed by atoms with E-state index in [1.807, 2.05) is 30.3 Å². The topological polar surface area (TPSA) is 42.2 Å². The molecule has 0 atom stereocenters. The van der Waals surface area contributed by atoms with Crippen molar-refractivity contribution >= 4 is 11.6 Å². The van der Waals surface area contributed by atoms with Crippen molar-refractivity contribution in [3.8, 4) is 11.8 Å². The third-order valence-electron chi connectivity index (χ3n) is 2.71. The maximum Gasteiger partial charge on any atom is 0.137 e. The van der Waals surface area contributed by atoms with Gasteiger partial charge in [0.05, 0.1) is 18.8 Å². The van der Waals surface area contributed by atoms with E-state index in [1.165, 1.54) is 0 Å². The summed E-state index contributed by atoms with van der Waals surface area (Å²) in [5.41, 5.74) is 1.48. The van der Waals surface area contributed by atoms with Crippen LogP contribution in [0.2, 0.25) is 5.02 Å². The van der Waals surface area contributed by atoms with Crippen LogP contribution in [0, 0.1) is 11.3 Å². The van der Waals surface area contributed by atoms with Gasteiger partial charge in [-0.25, -0.2) is 0 Å². The molecule has 0 heterocycles. The van der Waals surface area contributed by atoms with Crippen molar-refractivity contribution in [1.29, 1.82) is 5.26 Å². The van der Waals surface area contributed by atoms with Crippen LogP contribution < -0.4 is 4.74 Å². The van der Waals surface area contributed by atoms with Crippen molar-refractivity contribution in [3.63, 3.8) is 0 Å². The smallest absolute Gasteiger partial charge is 0.137 e. The molecule has 0 aromatic heterocycles. The highest BCUT2D eigenvalue weighted by Gasteiger charge is 2.02. The largest absolute Gasteiger partial charge is 0.490 e. The van der Waals surface area contributed by atoms with E-state index in [2.05, 4.69) is 6.07 Å². The van der Waals surface area contributed by atoms with Gasteiger partial charge in [0.25, 0.3) is 0 Å². The molecule has 0 saturated carbocycles. The number of ether oxygens (including phenoxy) is 2. The van der Waals surface area contributed by atoms with Crippen molar-refractivity contribution < 1.29 is 9.47 Å². The number of hydrogen-bond acceptors (Lipinski definition) is 3. The Bertz CT molecular complexity index is 607. The van der Waals surface area contributed by atoms with Gasteiger partial charge in [0.15, 0.2) is 0 Å². The molecular weight excluding hydrogens is 274 g/mol. The summed E-state index contributed by atoms with van der Waals surface area (Å²) in [5.74, 6) is 0.580. The van der Waals surface area contributed by atoms with Crippen LogP contribution in [0.15, 0.2) is 48.5 Å². The Balaban J connectivity index is 1.75. The van der Waals surface area contributed by atoms with E-state index in [-0.39, 0.29) is 0 Å². The average Bonchev–Trinajstić information content (AvgIpc) is 2.49. The Morgan fingerprint density at radius 1 is 1.00 bits per heavy atom. The van der Waals surface area contributed by atoms with Crippen LogP contribution in [0.4, 0.5) is 0 Å². The number of nitrogens with zero attached hydrogens (tertiary/aromatic N) is 1. The van der Waals surface area contributed by atoms with E-state index in [0.717, 1.165) is 5.56 Å². The highest BCUT2D eigenvalue weighted by Crippen LogP contribution is 2.17. The van der Waals surface area contributed by atoms with Crippen LogP contribution >= 0.6 is 11.6 Å². The lowest BCUT2D eigenvalue weighted by Gasteiger charge is -2.09. The molecule has 0 radical (unpaired) electrons. The summed E-state index contributed by atoms with van der Waals surface area (Å²) in [6.45, 7) is 1.27. The molecule has 3 nitrogen and oxygen atoms in total. The molecule has 0 spiro atoms. The highest BCUT2D eigenvalue weighted by molar-refractivity contribution is 6.31. The molecule has 2 aromatic carbocycles. The van der Waals surface area contributed by atoms with Crippen molar-refractivity contribution in [2.75, 3.05) is 13.2 Å². The number of hydrogen-bond donors (Lipinski definition) is 0. The molecule has 0 N–H and O–H groups in total. The first-order valence-corrected chi connectivity index (χ1v) is 6.62. The second kappa shape index (κ2) is 7.54. The maximum absolute atomic E-state index is 8.92. The zero-order valence-electron chi connectivity index (χ0n) is 10.9. The number of rotatable bonds is 6. The summed E-state index contributed by atoms with van der Waals surface area (Å²) in [6, 6.07) is 16.8. The third-order valence-corrected chi connectivity index (χ3v) is 3.08. The monoisotopic (exact) mass is 287 g/mol.